The quantitative estimate of drug-likeness (QED) is 0.385. The Morgan fingerprint density at radius 1 is 0.957 bits per heavy atom. The van der Waals surface area contributed by atoms with Gasteiger partial charge in [-0.15, -0.1) is 0 Å². The molecule has 1 aromatic carbocycles. The molecule has 1 rings (SSSR count). The molecular weight excluding hydrogens is 292 g/mol. The van der Waals surface area contributed by atoms with Gasteiger partial charge in [-0.3, -0.25) is 9.59 Å². The molecule has 0 atom stereocenters. The first kappa shape index (κ1) is 19.2. The second-order valence-electron chi connectivity index (χ2n) is 6.41. The van der Waals surface area contributed by atoms with Gasteiger partial charge >= 0.3 is 11.9 Å². The molecule has 1 aromatic rings. The molecule has 0 fully saturated rings. The smallest absolute Gasteiger partial charge is 0.311 e. The SMILES string of the molecule is Cc1cc(C)cc(OC(=O)CCCC(=O)OCCCC(C)C)c1. The highest BCUT2D eigenvalue weighted by molar-refractivity contribution is 5.74. The highest BCUT2D eigenvalue weighted by atomic mass is 16.5. The Morgan fingerprint density at radius 3 is 2.17 bits per heavy atom. The summed E-state index contributed by atoms with van der Waals surface area (Å²) >= 11 is 0. The molecule has 4 heteroatoms. The average Bonchev–Trinajstić information content (AvgIpc) is 2.42. The molecule has 128 valence electrons. The van der Waals surface area contributed by atoms with Crippen molar-refractivity contribution in [2.24, 2.45) is 5.92 Å². The monoisotopic (exact) mass is 320 g/mol. The zero-order valence-electron chi connectivity index (χ0n) is 14.7. The number of hydrogen-bond acceptors (Lipinski definition) is 4. The van der Waals surface area contributed by atoms with Gasteiger partial charge in [0.25, 0.3) is 0 Å². The van der Waals surface area contributed by atoms with Crippen LogP contribution in [0.1, 0.15) is 57.1 Å². The van der Waals surface area contributed by atoms with Crippen molar-refractivity contribution in [3.63, 3.8) is 0 Å². The molecule has 0 aliphatic heterocycles. The first-order chi connectivity index (χ1) is 10.9. The van der Waals surface area contributed by atoms with Crippen LogP contribution >= 0.6 is 0 Å². The maximum atomic E-state index is 11.8. The number of benzene rings is 1. The van der Waals surface area contributed by atoms with Crippen LogP contribution in [0.25, 0.3) is 0 Å². The van der Waals surface area contributed by atoms with Gasteiger partial charge < -0.3 is 9.47 Å². The lowest BCUT2D eigenvalue weighted by atomic mass is 10.1. The van der Waals surface area contributed by atoms with Crippen LogP contribution in [0.15, 0.2) is 18.2 Å². The number of aryl methyl sites for hydroxylation is 2. The van der Waals surface area contributed by atoms with Crippen LogP contribution in [0.5, 0.6) is 5.75 Å². The molecule has 0 saturated carbocycles. The summed E-state index contributed by atoms with van der Waals surface area (Å²) < 4.78 is 10.4. The minimum atomic E-state index is -0.317. The van der Waals surface area contributed by atoms with E-state index in [0.29, 0.717) is 24.7 Å². The second kappa shape index (κ2) is 10.0. The third-order valence-electron chi connectivity index (χ3n) is 3.38. The van der Waals surface area contributed by atoms with E-state index in [-0.39, 0.29) is 24.8 Å². The highest BCUT2D eigenvalue weighted by Crippen LogP contribution is 2.17. The maximum Gasteiger partial charge on any atom is 0.311 e. The van der Waals surface area contributed by atoms with E-state index < -0.39 is 0 Å². The summed E-state index contributed by atoms with van der Waals surface area (Å²) in [5.74, 6) is 0.619. The molecule has 0 N–H and O–H groups in total. The molecule has 23 heavy (non-hydrogen) atoms. The molecule has 0 amide bonds. The second-order valence-corrected chi connectivity index (χ2v) is 6.41. The van der Waals surface area contributed by atoms with Gasteiger partial charge in [0.2, 0.25) is 0 Å². The number of carbonyl (C=O) groups is 2. The van der Waals surface area contributed by atoms with Gasteiger partial charge in [0.15, 0.2) is 0 Å². The summed E-state index contributed by atoms with van der Waals surface area (Å²) in [7, 11) is 0. The number of esters is 2. The molecule has 0 bridgehead atoms. The third kappa shape index (κ3) is 9.01. The maximum absolute atomic E-state index is 11.8. The van der Waals surface area contributed by atoms with E-state index in [1.165, 1.54) is 0 Å². The van der Waals surface area contributed by atoms with Crippen molar-refractivity contribution < 1.29 is 19.1 Å². The Morgan fingerprint density at radius 2 is 1.57 bits per heavy atom. The first-order valence-corrected chi connectivity index (χ1v) is 8.31. The van der Waals surface area contributed by atoms with E-state index in [1.54, 1.807) is 0 Å². The van der Waals surface area contributed by atoms with Crippen LogP contribution in [0, 0.1) is 19.8 Å². The number of carbonyl (C=O) groups excluding carboxylic acids is 2. The summed E-state index contributed by atoms with van der Waals surface area (Å²) in [5.41, 5.74) is 2.11. The molecular formula is C19H28O4. The van der Waals surface area contributed by atoms with Crippen LogP contribution in [0.2, 0.25) is 0 Å². The van der Waals surface area contributed by atoms with Crippen molar-refractivity contribution in [3.8, 4) is 5.75 Å². The molecule has 0 saturated heterocycles. The van der Waals surface area contributed by atoms with Gasteiger partial charge in [-0.2, -0.15) is 0 Å². The summed E-state index contributed by atoms with van der Waals surface area (Å²) in [5, 5.41) is 0. The van der Waals surface area contributed by atoms with Gasteiger partial charge in [-0.1, -0.05) is 19.9 Å². The molecule has 0 unspecified atom stereocenters. The summed E-state index contributed by atoms with van der Waals surface area (Å²) in [6, 6.07) is 5.68. The molecule has 0 aliphatic carbocycles. The predicted octanol–water partition coefficient (Wildman–Crippen LogP) is 4.36. The van der Waals surface area contributed by atoms with Gasteiger partial charge in [-0.05, 0) is 62.3 Å². The number of ether oxygens (including phenoxy) is 2. The lowest BCUT2D eigenvalue weighted by Crippen LogP contribution is -2.11. The van der Waals surface area contributed by atoms with E-state index >= 15 is 0 Å². The summed E-state index contributed by atoms with van der Waals surface area (Å²) in [4.78, 5) is 23.3. The van der Waals surface area contributed by atoms with E-state index in [9.17, 15) is 9.59 Å². The Hall–Kier alpha value is -1.84. The fraction of sp³-hybridized carbons (Fsp3) is 0.579. The predicted molar refractivity (Wildman–Crippen MR) is 90.4 cm³/mol. The standard InChI is InChI=1S/C19H28O4/c1-14(2)7-6-10-22-18(20)8-5-9-19(21)23-17-12-15(3)11-16(4)13-17/h11-14H,5-10H2,1-4H3. The zero-order chi connectivity index (χ0) is 17.2. The Kier molecular flexibility index (Phi) is 8.38. The fourth-order valence-electron chi connectivity index (χ4n) is 2.30. The minimum Gasteiger partial charge on any atom is -0.466 e. The lowest BCUT2D eigenvalue weighted by Gasteiger charge is -2.07. The van der Waals surface area contributed by atoms with E-state index in [4.69, 9.17) is 9.47 Å². The average molecular weight is 320 g/mol. The Balaban J connectivity index is 2.19. The van der Waals surface area contributed by atoms with Crippen LogP contribution < -0.4 is 4.74 Å². The first-order valence-electron chi connectivity index (χ1n) is 8.31. The largest absolute Gasteiger partial charge is 0.466 e. The van der Waals surface area contributed by atoms with E-state index in [1.807, 2.05) is 32.0 Å². The van der Waals surface area contributed by atoms with Crippen molar-refractivity contribution in [3.05, 3.63) is 29.3 Å². The van der Waals surface area contributed by atoms with Crippen molar-refractivity contribution in [1.29, 1.82) is 0 Å². The van der Waals surface area contributed by atoms with Crippen molar-refractivity contribution in [2.45, 2.75) is 59.8 Å². The summed E-state index contributed by atoms with van der Waals surface area (Å²) in [6.45, 7) is 8.66. The number of rotatable bonds is 9. The topological polar surface area (TPSA) is 52.6 Å². The lowest BCUT2D eigenvalue weighted by molar-refractivity contribution is -0.144. The van der Waals surface area contributed by atoms with Crippen molar-refractivity contribution in [1.82, 2.24) is 0 Å². The van der Waals surface area contributed by atoms with E-state index in [2.05, 4.69) is 13.8 Å². The van der Waals surface area contributed by atoms with Crippen molar-refractivity contribution >= 4 is 11.9 Å². The normalized spacial score (nSPS) is 10.7. The van der Waals surface area contributed by atoms with Gasteiger partial charge in [-0.25, -0.2) is 0 Å². The highest BCUT2D eigenvalue weighted by Gasteiger charge is 2.09. The van der Waals surface area contributed by atoms with Gasteiger partial charge in [0.1, 0.15) is 5.75 Å². The molecule has 0 radical (unpaired) electrons. The van der Waals surface area contributed by atoms with E-state index in [0.717, 1.165) is 24.0 Å². The van der Waals surface area contributed by atoms with Crippen LogP contribution in [0.4, 0.5) is 0 Å². The third-order valence-corrected chi connectivity index (χ3v) is 3.38. The fourth-order valence-corrected chi connectivity index (χ4v) is 2.30. The molecule has 0 spiro atoms. The molecule has 4 nitrogen and oxygen atoms in total. The summed E-state index contributed by atoms with van der Waals surface area (Å²) in [6.07, 6.45) is 2.86. The van der Waals surface area contributed by atoms with Crippen LogP contribution in [0.3, 0.4) is 0 Å². The minimum absolute atomic E-state index is 0.216. The van der Waals surface area contributed by atoms with Crippen LogP contribution in [-0.4, -0.2) is 18.5 Å². The Bertz CT molecular complexity index is 500. The van der Waals surface area contributed by atoms with Gasteiger partial charge in [0.05, 0.1) is 6.61 Å². The van der Waals surface area contributed by atoms with Crippen molar-refractivity contribution in [2.75, 3.05) is 6.61 Å². The molecule has 0 aromatic heterocycles. The zero-order valence-corrected chi connectivity index (χ0v) is 14.7. The molecule has 0 heterocycles. The Labute approximate surface area is 139 Å². The molecule has 0 aliphatic rings. The van der Waals surface area contributed by atoms with Gasteiger partial charge in [0, 0.05) is 12.8 Å². The number of hydrogen-bond donors (Lipinski definition) is 0. The van der Waals surface area contributed by atoms with Crippen LogP contribution in [-0.2, 0) is 14.3 Å².